The molecule has 0 saturated carbocycles. The van der Waals surface area contributed by atoms with Crippen molar-refractivity contribution >= 4 is 16.8 Å². The molecule has 0 spiro atoms. The summed E-state index contributed by atoms with van der Waals surface area (Å²) in [4.78, 5) is 14.9. The molecular formula is C21H23N3O2. The molecule has 5 heteroatoms. The molecule has 1 amide bonds. The van der Waals surface area contributed by atoms with Crippen molar-refractivity contribution in [2.45, 2.75) is 18.9 Å². The summed E-state index contributed by atoms with van der Waals surface area (Å²) in [5.74, 6) is 0.0915. The number of hydrogen-bond acceptors (Lipinski definition) is 3. The molecule has 1 unspecified atom stereocenters. The summed E-state index contributed by atoms with van der Waals surface area (Å²) < 4.78 is 7.14. The third-order valence-corrected chi connectivity index (χ3v) is 5.19. The van der Waals surface area contributed by atoms with Gasteiger partial charge in [0.15, 0.2) is 0 Å². The van der Waals surface area contributed by atoms with Crippen molar-refractivity contribution in [1.29, 1.82) is 0 Å². The molecule has 2 heterocycles. The second kappa shape index (κ2) is 6.92. The van der Waals surface area contributed by atoms with Crippen LogP contribution in [0, 0.1) is 0 Å². The average molecular weight is 349 g/mol. The van der Waals surface area contributed by atoms with Gasteiger partial charge in [-0.3, -0.25) is 9.48 Å². The first kappa shape index (κ1) is 16.8. The predicted octanol–water partition coefficient (Wildman–Crippen LogP) is 3.49. The molecule has 5 nitrogen and oxygen atoms in total. The van der Waals surface area contributed by atoms with Gasteiger partial charge in [-0.15, -0.1) is 0 Å². The molecule has 0 radical (unpaired) electrons. The summed E-state index contributed by atoms with van der Waals surface area (Å²) >= 11 is 0. The van der Waals surface area contributed by atoms with Gasteiger partial charge < -0.3 is 9.64 Å². The summed E-state index contributed by atoms with van der Waals surface area (Å²) in [5, 5.41) is 5.40. The van der Waals surface area contributed by atoms with Crippen LogP contribution in [0.2, 0.25) is 0 Å². The van der Waals surface area contributed by atoms with Gasteiger partial charge in [0, 0.05) is 31.7 Å². The molecule has 1 aromatic heterocycles. The summed E-state index contributed by atoms with van der Waals surface area (Å²) in [6.07, 6.45) is 3.92. The smallest absolute Gasteiger partial charge is 0.254 e. The normalized spacial score (nSPS) is 17.2. The highest BCUT2D eigenvalue weighted by molar-refractivity contribution is 5.96. The van der Waals surface area contributed by atoms with Gasteiger partial charge in [0.05, 0.1) is 24.4 Å². The molecule has 1 fully saturated rings. The number of nitrogens with zero attached hydrogens (tertiary/aromatic N) is 3. The number of likely N-dealkylation sites (tertiary alicyclic amines) is 1. The first-order valence-electron chi connectivity index (χ1n) is 8.99. The number of benzene rings is 2. The van der Waals surface area contributed by atoms with Gasteiger partial charge in [-0.2, -0.15) is 5.10 Å². The van der Waals surface area contributed by atoms with Crippen LogP contribution in [0.25, 0.3) is 22.0 Å². The molecule has 0 aliphatic carbocycles. The zero-order valence-electron chi connectivity index (χ0n) is 15.2. The van der Waals surface area contributed by atoms with Gasteiger partial charge in [0.1, 0.15) is 0 Å². The van der Waals surface area contributed by atoms with Crippen LogP contribution in [0.1, 0.15) is 23.2 Å². The van der Waals surface area contributed by atoms with Gasteiger partial charge >= 0.3 is 0 Å². The van der Waals surface area contributed by atoms with Crippen LogP contribution in [0.15, 0.2) is 48.7 Å². The van der Waals surface area contributed by atoms with Crippen LogP contribution in [-0.4, -0.2) is 46.9 Å². The van der Waals surface area contributed by atoms with Crippen molar-refractivity contribution in [3.63, 3.8) is 0 Å². The highest BCUT2D eigenvalue weighted by Gasteiger charge is 2.29. The fourth-order valence-electron chi connectivity index (χ4n) is 3.81. The van der Waals surface area contributed by atoms with E-state index < -0.39 is 0 Å². The Morgan fingerprint density at radius 2 is 2.08 bits per heavy atom. The molecule has 26 heavy (non-hydrogen) atoms. The van der Waals surface area contributed by atoms with Crippen LogP contribution < -0.4 is 0 Å². The minimum atomic E-state index is 0.0915. The highest BCUT2D eigenvalue weighted by Crippen LogP contribution is 2.26. The van der Waals surface area contributed by atoms with E-state index in [1.807, 2.05) is 47.1 Å². The molecular weight excluding hydrogens is 326 g/mol. The predicted molar refractivity (Wildman–Crippen MR) is 102 cm³/mol. The maximum atomic E-state index is 13.0. The topological polar surface area (TPSA) is 47.4 Å². The number of aromatic nitrogens is 2. The van der Waals surface area contributed by atoms with Gasteiger partial charge in [0.2, 0.25) is 0 Å². The largest absolute Gasteiger partial charge is 0.383 e. The first-order valence-corrected chi connectivity index (χ1v) is 8.99. The van der Waals surface area contributed by atoms with E-state index in [9.17, 15) is 4.79 Å². The lowest BCUT2D eigenvalue weighted by molar-refractivity contribution is 0.0630. The van der Waals surface area contributed by atoms with Crippen LogP contribution in [0.5, 0.6) is 0 Å². The van der Waals surface area contributed by atoms with Gasteiger partial charge in [-0.25, -0.2) is 0 Å². The third kappa shape index (κ3) is 2.99. The molecule has 134 valence electrons. The zero-order valence-corrected chi connectivity index (χ0v) is 15.2. The van der Waals surface area contributed by atoms with Gasteiger partial charge in [-0.05, 0) is 48.2 Å². The monoisotopic (exact) mass is 349 g/mol. The number of rotatable bonds is 4. The fourth-order valence-corrected chi connectivity index (χ4v) is 3.81. The van der Waals surface area contributed by atoms with E-state index in [2.05, 4.69) is 23.3 Å². The van der Waals surface area contributed by atoms with Crippen molar-refractivity contribution in [3.05, 3.63) is 54.2 Å². The second-order valence-electron chi connectivity index (χ2n) is 6.87. The molecule has 0 bridgehead atoms. The molecule has 4 rings (SSSR count). The van der Waals surface area contributed by atoms with Crippen molar-refractivity contribution in [2.24, 2.45) is 7.05 Å². The first-order chi connectivity index (χ1) is 12.7. The van der Waals surface area contributed by atoms with Gasteiger partial charge in [-0.1, -0.05) is 18.2 Å². The minimum Gasteiger partial charge on any atom is -0.383 e. The van der Waals surface area contributed by atoms with Crippen molar-refractivity contribution in [1.82, 2.24) is 14.7 Å². The number of fused-ring (bicyclic) bond motifs is 1. The average Bonchev–Trinajstić information content (AvgIpc) is 3.28. The zero-order chi connectivity index (χ0) is 18.1. The maximum absolute atomic E-state index is 13.0. The molecule has 2 aromatic carbocycles. The number of ether oxygens (including phenoxy) is 1. The van der Waals surface area contributed by atoms with Crippen LogP contribution in [0.3, 0.4) is 0 Å². The molecule has 1 saturated heterocycles. The van der Waals surface area contributed by atoms with Crippen LogP contribution >= 0.6 is 0 Å². The summed E-state index contributed by atoms with van der Waals surface area (Å²) in [5.41, 5.74) is 3.97. The van der Waals surface area contributed by atoms with Crippen molar-refractivity contribution in [3.8, 4) is 11.1 Å². The van der Waals surface area contributed by atoms with Crippen molar-refractivity contribution in [2.75, 3.05) is 20.3 Å². The standard InChI is InChI=1S/C21H23N3O2/c1-23-20-9-8-16(12-18(20)13-22-23)15-5-3-6-17(11-15)21(25)24-10-4-7-19(24)14-26-2/h3,5-6,8-9,11-13,19H,4,7,10,14H2,1-2H3. The highest BCUT2D eigenvalue weighted by atomic mass is 16.5. The molecule has 1 aliphatic heterocycles. The lowest BCUT2D eigenvalue weighted by atomic mass is 10.0. The van der Waals surface area contributed by atoms with E-state index in [1.165, 1.54) is 0 Å². The van der Waals surface area contributed by atoms with E-state index in [0.29, 0.717) is 6.61 Å². The van der Waals surface area contributed by atoms with E-state index in [-0.39, 0.29) is 11.9 Å². The van der Waals surface area contributed by atoms with Gasteiger partial charge in [0.25, 0.3) is 5.91 Å². The molecule has 1 atom stereocenters. The fraction of sp³-hybridized carbons (Fsp3) is 0.333. The Morgan fingerprint density at radius 1 is 1.23 bits per heavy atom. The number of carbonyl (C=O) groups is 1. The number of hydrogen-bond donors (Lipinski definition) is 0. The Kier molecular flexibility index (Phi) is 4.47. The quantitative estimate of drug-likeness (QED) is 0.724. The number of amides is 1. The number of methoxy groups -OCH3 is 1. The summed E-state index contributed by atoms with van der Waals surface area (Å²) in [7, 11) is 3.63. The number of carbonyl (C=O) groups excluding carboxylic acids is 1. The third-order valence-electron chi connectivity index (χ3n) is 5.19. The lowest BCUT2D eigenvalue weighted by Crippen LogP contribution is -2.38. The molecule has 1 aliphatic rings. The molecule has 3 aromatic rings. The van der Waals surface area contributed by atoms with E-state index in [4.69, 9.17) is 4.74 Å². The minimum absolute atomic E-state index is 0.0915. The Balaban J connectivity index is 1.64. The van der Waals surface area contributed by atoms with Crippen LogP contribution in [-0.2, 0) is 11.8 Å². The lowest BCUT2D eigenvalue weighted by Gasteiger charge is -2.24. The SMILES string of the molecule is COCC1CCCN1C(=O)c1cccc(-c2ccc3c(cnn3C)c2)c1. The van der Waals surface area contributed by atoms with Crippen molar-refractivity contribution < 1.29 is 9.53 Å². The Hall–Kier alpha value is -2.66. The summed E-state index contributed by atoms with van der Waals surface area (Å²) in [6.45, 7) is 1.40. The second-order valence-corrected chi connectivity index (χ2v) is 6.87. The van der Waals surface area contributed by atoms with E-state index in [0.717, 1.165) is 47.0 Å². The summed E-state index contributed by atoms with van der Waals surface area (Å²) in [6, 6.07) is 14.3. The maximum Gasteiger partial charge on any atom is 0.254 e. The number of aryl methyl sites for hydroxylation is 1. The molecule has 0 N–H and O–H groups in total. The van der Waals surface area contributed by atoms with E-state index in [1.54, 1.807) is 7.11 Å². The van der Waals surface area contributed by atoms with E-state index >= 15 is 0 Å². The Morgan fingerprint density at radius 3 is 2.92 bits per heavy atom. The van der Waals surface area contributed by atoms with Crippen LogP contribution in [0.4, 0.5) is 0 Å². The Labute approximate surface area is 153 Å². The Bertz CT molecular complexity index is 947.